The monoisotopic (exact) mass is 195 g/mol. The smallest absolute Gasteiger partial charge is 0.230 e. The number of rotatable bonds is 3. The summed E-state index contributed by atoms with van der Waals surface area (Å²) in [5.41, 5.74) is 6.37. The lowest BCUT2D eigenvalue weighted by Gasteiger charge is -2.06. The number of nitrogens with two attached hydrogens (primary N) is 1. The van der Waals surface area contributed by atoms with Crippen molar-refractivity contribution in [3.8, 4) is 0 Å². The molecule has 2 nitrogen and oxygen atoms in total. The number of hydrogen-bond donors (Lipinski definition) is 1. The molecule has 0 aromatic heterocycles. The molecule has 1 aromatic rings. The minimum absolute atomic E-state index is 0.164. The lowest BCUT2D eigenvalue weighted by Crippen LogP contribution is -2.22. The zero-order chi connectivity index (χ0) is 9.84. The molecule has 0 fully saturated rings. The van der Waals surface area contributed by atoms with Gasteiger partial charge in [0.25, 0.3) is 0 Å². The normalized spacial score (nSPS) is 12.5. The van der Waals surface area contributed by atoms with Crippen LogP contribution in [0.5, 0.6) is 0 Å². The van der Waals surface area contributed by atoms with Gasteiger partial charge >= 0.3 is 0 Å². The molecule has 2 N–H and O–H groups in total. The minimum atomic E-state index is -0.273. The van der Waals surface area contributed by atoms with Crippen molar-refractivity contribution in [2.75, 3.05) is 0 Å². The van der Waals surface area contributed by atoms with Gasteiger partial charge in [-0.05, 0) is 26.0 Å². The summed E-state index contributed by atoms with van der Waals surface area (Å²) in [6.07, 6.45) is 0. The predicted octanol–water partition coefficient (Wildman–Crippen LogP) is 1.96. The molecule has 13 heavy (non-hydrogen) atoms. The van der Waals surface area contributed by atoms with Gasteiger partial charge in [-0.25, -0.2) is 0 Å². The maximum atomic E-state index is 10.8. The van der Waals surface area contributed by atoms with Crippen LogP contribution in [-0.4, -0.2) is 11.2 Å². The van der Waals surface area contributed by atoms with Crippen LogP contribution < -0.4 is 5.73 Å². The summed E-state index contributed by atoms with van der Waals surface area (Å²) < 4.78 is 0. The van der Waals surface area contributed by atoms with E-state index in [-0.39, 0.29) is 11.2 Å². The molecule has 0 radical (unpaired) electrons. The number of carbonyl (C=O) groups is 1. The van der Waals surface area contributed by atoms with Gasteiger partial charge in [0.05, 0.1) is 5.25 Å². The number of amides is 1. The Morgan fingerprint density at radius 3 is 2.38 bits per heavy atom. The first-order chi connectivity index (χ1) is 6.09. The van der Waals surface area contributed by atoms with Gasteiger partial charge in [-0.15, -0.1) is 11.8 Å². The number of primary amides is 1. The summed E-state index contributed by atoms with van der Waals surface area (Å²) in [6, 6.07) is 8.05. The van der Waals surface area contributed by atoms with Crippen LogP contribution >= 0.6 is 11.8 Å². The highest BCUT2D eigenvalue weighted by Gasteiger charge is 2.09. The summed E-state index contributed by atoms with van der Waals surface area (Å²) in [4.78, 5) is 11.9. The molecule has 0 aliphatic carbocycles. The van der Waals surface area contributed by atoms with Crippen molar-refractivity contribution >= 4 is 17.7 Å². The van der Waals surface area contributed by atoms with Gasteiger partial charge in [0.1, 0.15) is 0 Å². The van der Waals surface area contributed by atoms with Crippen molar-refractivity contribution in [3.05, 3.63) is 29.8 Å². The topological polar surface area (TPSA) is 43.1 Å². The molecule has 0 unspecified atom stereocenters. The lowest BCUT2D eigenvalue weighted by molar-refractivity contribution is -0.117. The average Bonchev–Trinajstić information content (AvgIpc) is 2.08. The summed E-state index contributed by atoms with van der Waals surface area (Å²) in [7, 11) is 0. The molecule has 1 amide bonds. The van der Waals surface area contributed by atoms with Crippen LogP contribution in [0.3, 0.4) is 0 Å². The van der Waals surface area contributed by atoms with Gasteiger partial charge < -0.3 is 5.73 Å². The van der Waals surface area contributed by atoms with Crippen LogP contribution in [0, 0.1) is 6.92 Å². The van der Waals surface area contributed by atoms with Crippen LogP contribution in [-0.2, 0) is 4.79 Å². The van der Waals surface area contributed by atoms with E-state index in [0.717, 1.165) is 4.90 Å². The van der Waals surface area contributed by atoms with Crippen LogP contribution in [0.4, 0.5) is 0 Å². The second-order valence-corrected chi connectivity index (χ2v) is 4.39. The number of aryl methyl sites for hydroxylation is 1. The van der Waals surface area contributed by atoms with E-state index in [1.54, 1.807) is 0 Å². The quantitative estimate of drug-likeness (QED) is 0.749. The van der Waals surface area contributed by atoms with Crippen LogP contribution in [0.25, 0.3) is 0 Å². The highest BCUT2D eigenvalue weighted by atomic mass is 32.2. The van der Waals surface area contributed by atoms with E-state index in [9.17, 15) is 4.79 Å². The summed E-state index contributed by atoms with van der Waals surface area (Å²) in [6.45, 7) is 3.85. The molecule has 0 saturated carbocycles. The van der Waals surface area contributed by atoms with E-state index in [1.807, 2.05) is 38.1 Å². The van der Waals surface area contributed by atoms with Gasteiger partial charge in [-0.1, -0.05) is 17.7 Å². The van der Waals surface area contributed by atoms with Gasteiger partial charge in [-0.3, -0.25) is 4.79 Å². The van der Waals surface area contributed by atoms with Crippen molar-refractivity contribution in [1.82, 2.24) is 0 Å². The Bertz CT molecular complexity index is 294. The predicted molar refractivity (Wildman–Crippen MR) is 55.7 cm³/mol. The molecule has 0 aliphatic heterocycles. The zero-order valence-corrected chi connectivity index (χ0v) is 8.60. The Morgan fingerprint density at radius 1 is 1.38 bits per heavy atom. The maximum Gasteiger partial charge on any atom is 0.230 e. The third-order valence-corrected chi connectivity index (χ3v) is 2.86. The fourth-order valence-electron chi connectivity index (χ4n) is 0.879. The van der Waals surface area contributed by atoms with Crippen LogP contribution in [0.15, 0.2) is 29.2 Å². The number of benzene rings is 1. The van der Waals surface area contributed by atoms with Crippen LogP contribution in [0.1, 0.15) is 12.5 Å². The van der Waals surface area contributed by atoms with Gasteiger partial charge in [0, 0.05) is 4.90 Å². The van der Waals surface area contributed by atoms with E-state index >= 15 is 0 Å². The Kier molecular flexibility index (Phi) is 3.37. The molecule has 1 rings (SSSR count). The number of hydrogen-bond acceptors (Lipinski definition) is 2. The highest BCUT2D eigenvalue weighted by Crippen LogP contribution is 2.22. The second-order valence-electron chi connectivity index (χ2n) is 2.98. The van der Waals surface area contributed by atoms with Crippen molar-refractivity contribution in [1.29, 1.82) is 0 Å². The molecule has 0 heterocycles. The van der Waals surface area contributed by atoms with E-state index in [1.165, 1.54) is 17.3 Å². The second kappa shape index (κ2) is 4.33. The minimum Gasteiger partial charge on any atom is -0.369 e. The van der Waals surface area contributed by atoms with Crippen molar-refractivity contribution in [3.63, 3.8) is 0 Å². The fraction of sp³-hybridized carbons (Fsp3) is 0.300. The molecule has 70 valence electrons. The summed E-state index contributed by atoms with van der Waals surface area (Å²) in [5, 5.41) is -0.164. The van der Waals surface area contributed by atoms with Crippen LogP contribution in [0.2, 0.25) is 0 Å². The van der Waals surface area contributed by atoms with Crippen molar-refractivity contribution in [2.45, 2.75) is 24.0 Å². The Morgan fingerprint density at radius 2 is 1.92 bits per heavy atom. The maximum absolute atomic E-state index is 10.8. The average molecular weight is 195 g/mol. The molecule has 3 heteroatoms. The SMILES string of the molecule is Cc1ccc(S[C@@H](C)C(N)=O)cc1. The van der Waals surface area contributed by atoms with Crippen molar-refractivity contribution in [2.24, 2.45) is 5.73 Å². The van der Waals surface area contributed by atoms with Gasteiger partial charge in [-0.2, -0.15) is 0 Å². The van der Waals surface area contributed by atoms with Gasteiger partial charge in [0.2, 0.25) is 5.91 Å². The summed E-state index contributed by atoms with van der Waals surface area (Å²) >= 11 is 1.49. The standard InChI is InChI=1S/C10H13NOS/c1-7-3-5-9(6-4-7)13-8(2)10(11)12/h3-6,8H,1-2H3,(H2,11,12)/t8-/m0/s1. The van der Waals surface area contributed by atoms with E-state index < -0.39 is 0 Å². The van der Waals surface area contributed by atoms with E-state index in [0.29, 0.717) is 0 Å². The fourth-order valence-corrected chi connectivity index (χ4v) is 1.70. The Balaban J connectivity index is 2.64. The first-order valence-corrected chi connectivity index (χ1v) is 5.00. The number of carbonyl (C=O) groups excluding carboxylic acids is 1. The molecular formula is C10H13NOS. The largest absolute Gasteiger partial charge is 0.369 e. The lowest BCUT2D eigenvalue weighted by atomic mass is 10.2. The summed E-state index contributed by atoms with van der Waals surface area (Å²) in [5.74, 6) is -0.273. The molecule has 1 atom stereocenters. The number of thioether (sulfide) groups is 1. The first-order valence-electron chi connectivity index (χ1n) is 4.12. The third kappa shape index (κ3) is 3.11. The van der Waals surface area contributed by atoms with E-state index in [4.69, 9.17) is 5.73 Å². The van der Waals surface area contributed by atoms with Gasteiger partial charge in [0.15, 0.2) is 0 Å². The third-order valence-electron chi connectivity index (χ3n) is 1.73. The molecule has 0 spiro atoms. The zero-order valence-electron chi connectivity index (χ0n) is 7.78. The van der Waals surface area contributed by atoms with Crippen molar-refractivity contribution < 1.29 is 4.79 Å². The Labute approximate surface area is 82.5 Å². The highest BCUT2D eigenvalue weighted by molar-refractivity contribution is 8.00. The Hall–Kier alpha value is -0.960. The van der Waals surface area contributed by atoms with E-state index in [2.05, 4.69) is 0 Å². The molecule has 0 aliphatic rings. The molecule has 0 bridgehead atoms. The molecule has 0 saturated heterocycles. The molecular weight excluding hydrogens is 182 g/mol. The first kappa shape index (κ1) is 10.1. The molecule has 1 aromatic carbocycles.